The van der Waals surface area contributed by atoms with Gasteiger partial charge < -0.3 is 15.0 Å². The van der Waals surface area contributed by atoms with Crippen LogP contribution in [0.25, 0.3) is 0 Å². The van der Waals surface area contributed by atoms with Crippen LogP contribution in [0, 0.1) is 11.8 Å². The van der Waals surface area contributed by atoms with Gasteiger partial charge in [-0.1, -0.05) is 44.2 Å². The van der Waals surface area contributed by atoms with Gasteiger partial charge in [-0.2, -0.15) is 11.8 Å². The lowest BCUT2D eigenvalue weighted by molar-refractivity contribution is 0.0913. The Morgan fingerprint density at radius 1 is 1.35 bits per heavy atom. The zero-order valence-electron chi connectivity index (χ0n) is 16.1. The van der Waals surface area contributed by atoms with E-state index in [0.29, 0.717) is 17.1 Å². The van der Waals surface area contributed by atoms with E-state index in [9.17, 15) is 0 Å². The van der Waals surface area contributed by atoms with E-state index in [-0.39, 0.29) is 30.1 Å². The summed E-state index contributed by atoms with van der Waals surface area (Å²) in [6.07, 6.45) is 1.31. The Morgan fingerprint density at radius 2 is 2.12 bits per heavy atom. The predicted octanol–water partition coefficient (Wildman–Crippen LogP) is 4.03. The van der Waals surface area contributed by atoms with Crippen LogP contribution in [0.3, 0.4) is 0 Å². The van der Waals surface area contributed by atoms with E-state index in [2.05, 4.69) is 71.2 Å². The van der Waals surface area contributed by atoms with Crippen molar-refractivity contribution < 1.29 is 4.74 Å². The van der Waals surface area contributed by atoms with Gasteiger partial charge >= 0.3 is 0 Å². The maximum absolute atomic E-state index is 6.01. The third kappa shape index (κ3) is 5.52. The molecule has 1 N–H and O–H groups in total. The first-order valence-corrected chi connectivity index (χ1v) is 10.5. The van der Waals surface area contributed by atoms with Crippen molar-refractivity contribution in [3.63, 3.8) is 0 Å². The zero-order chi connectivity index (χ0) is 17.6. The van der Waals surface area contributed by atoms with E-state index in [0.717, 1.165) is 38.6 Å². The number of aliphatic imine (C=N–C) groups is 1. The molecule has 3 atom stereocenters. The molecule has 2 heterocycles. The fraction of sp³-hybridized carbons (Fsp3) is 0.650. The normalized spacial score (nSPS) is 26.7. The minimum Gasteiger partial charge on any atom is -0.373 e. The highest BCUT2D eigenvalue weighted by molar-refractivity contribution is 14.0. The lowest BCUT2D eigenvalue weighted by atomic mass is 9.95. The highest BCUT2D eigenvalue weighted by Gasteiger charge is 2.30. The quantitative estimate of drug-likeness (QED) is 0.394. The maximum atomic E-state index is 6.01. The van der Waals surface area contributed by atoms with Gasteiger partial charge in [-0.15, -0.1) is 24.0 Å². The topological polar surface area (TPSA) is 36.9 Å². The molecule has 2 fully saturated rings. The number of benzene rings is 1. The molecule has 0 spiro atoms. The average molecular weight is 489 g/mol. The SMILES string of the molecule is CN=C(NCC1CCOC1c1ccccc1)N1CCSC(C(C)C)C1.I. The summed E-state index contributed by atoms with van der Waals surface area (Å²) in [5, 5.41) is 4.32. The van der Waals surface area contributed by atoms with Crippen LogP contribution in [0.5, 0.6) is 0 Å². The van der Waals surface area contributed by atoms with E-state index >= 15 is 0 Å². The Balaban J connectivity index is 0.00000243. The highest BCUT2D eigenvalue weighted by Crippen LogP contribution is 2.34. The van der Waals surface area contributed by atoms with E-state index < -0.39 is 0 Å². The summed E-state index contributed by atoms with van der Waals surface area (Å²) in [5.74, 6) is 3.43. The molecule has 2 saturated heterocycles. The number of hydrogen-bond donors (Lipinski definition) is 1. The Labute approximate surface area is 179 Å². The molecule has 0 radical (unpaired) electrons. The Kier molecular flexibility index (Phi) is 9.03. The number of hydrogen-bond acceptors (Lipinski definition) is 3. The Morgan fingerprint density at radius 3 is 2.81 bits per heavy atom. The molecule has 1 aromatic rings. The standard InChI is InChI=1S/C20H31N3OS.HI/c1-15(2)18-14-23(10-12-25-18)20(21-3)22-13-17-9-11-24-19(17)16-7-5-4-6-8-16;/h4-8,15,17-19H,9-14H2,1-3H3,(H,21,22);1H. The van der Waals surface area contributed by atoms with Crippen LogP contribution in [0.15, 0.2) is 35.3 Å². The first-order chi connectivity index (χ1) is 12.2. The van der Waals surface area contributed by atoms with Gasteiger partial charge in [0, 0.05) is 50.2 Å². The number of rotatable bonds is 4. The van der Waals surface area contributed by atoms with Crippen molar-refractivity contribution in [2.45, 2.75) is 31.6 Å². The third-order valence-corrected chi connectivity index (χ3v) is 6.75. The molecule has 2 aliphatic rings. The first kappa shape index (κ1) is 21.8. The van der Waals surface area contributed by atoms with Gasteiger partial charge in [0.2, 0.25) is 0 Å². The number of nitrogens with one attached hydrogen (secondary N) is 1. The molecule has 2 aliphatic heterocycles. The second kappa shape index (κ2) is 10.8. The van der Waals surface area contributed by atoms with Crippen molar-refractivity contribution in [1.29, 1.82) is 0 Å². The van der Waals surface area contributed by atoms with Crippen LogP contribution in [0.2, 0.25) is 0 Å². The number of thioether (sulfide) groups is 1. The maximum Gasteiger partial charge on any atom is 0.193 e. The van der Waals surface area contributed by atoms with Gasteiger partial charge in [0.05, 0.1) is 6.10 Å². The summed E-state index contributed by atoms with van der Waals surface area (Å²) in [5.41, 5.74) is 1.29. The molecule has 0 aromatic heterocycles. The van der Waals surface area contributed by atoms with Crippen molar-refractivity contribution >= 4 is 41.7 Å². The van der Waals surface area contributed by atoms with Crippen molar-refractivity contribution in [1.82, 2.24) is 10.2 Å². The molecule has 146 valence electrons. The molecule has 3 rings (SSSR count). The van der Waals surface area contributed by atoms with E-state index in [4.69, 9.17) is 4.74 Å². The number of guanidine groups is 1. The Hall–Kier alpha value is -0.470. The van der Waals surface area contributed by atoms with Crippen LogP contribution in [0.4, 0.5) is 0 Å². The minimum absolute atomic E-state index is 0. The first-order valence-electron chi connectivity index (χ1n) is 9.42. The fourth-order valence-corrected chi connectivity index (χ4v) is 4.98. The van der Waals surface area contributed by atoms with Crippen LogP contribution in [-0.4, -0.2) is 55.2 Å². The largest absolute Gasteiger partial charge is 0.373 e. The highest BCUT2D eigenvalue weighted by atomic mass is 127. The van der Waals surface area contributed by atoms with Crippen molar-refractivity contribution in [3.05, 3.63) is 35.9 Å². The summed E-state index contributed by atoms with van der Waals surface area (Å²) < 4.78 is 6.01. The second-order valence-corrected chi connectivity index (χ2v) is 8.63. The van der Waals surface area contributed by atoms with Gasteiger partial charge in [-0.05, 0) is 17.9 Å². The molecule has 0 amide bonds. The van der Waals surface area contributed by atoms with Crippen LogP contribution >= 0.6 is 35.7 Å². The molecular formula is C20H32IN3OS. The van der Waals surface area contributed by atoms with Crippen molar-refractivity contribution in [2.24, 2.45) is 16.8 Å². The molecule has 3 unspecified atom stereocenters. The fourth-order valence-electron chi connectivity index (χ4n) is 3.68. The third-order valence-electron chi connectivity index (χ3n) is 5.21. The van der Waals surface area contributed by atoms with Gasteiger partial charge in [0.15, 0.2) is 5.96 Å². The zero-order valence-corrected chi connectivity index (χ0v) is 19.2. The predicted molar refractivity (Wildman–Crippen MR) is 123 cm³/mol. The lowest BCUT2D eigenvalue weighted by Crippen LogP contribution is -2.50. The molecule has 6 heteroatoms. The number of nitrogens with zero attached hydrogens (tertiary/aromatic N) is 2. The van der Waals surface area contributed by atoms with E-state index in [1.165, 1.54) is 11.3 Å². The molecule has 26 heavy (non-hydrogen) atoms. The van der Waals surface area contributed by atoms with Crippen molar-refractivity contribution in [2.75, 3.05) is 39.0 Å². The molecule has 1 aromatic carbocycles. The smallest absolute Gasteiger partial charge is 0.193 e. The average Bonchev–Trinajstić information content (AvgIpc) is 3.12. The van der Waals surface area contributed by atoms with Crippen LogP contribution in [0.1, 0.15) is 31.9 Å². The van der Waals surface area contributed by atoms with Crippen LogP contribution in [-0.2, 0) is 4.74 Å². The number of halogens is 1. The van der Waals surface area contributed by atoms with E-state index in [1.54, 1.807) is 0 Å². The van der Waals surface area contributed by atoms with Crippen LogP contribution < -0.4 is 5.32 Å². The summed E-state index contributed by atoms with van der Waals surface area (Å²) in [6, 6.07) is 10.6. The molecule has 4 nitrogen and oxygen atoms in total. The summed E-state index contributed by atoms with van der Waals surface area (Å²) >= 11 is 2.10. The van der Waals surface area contributed by atoms with E-state index in [1.807, 2.05) is 7.05 Å². The molecule has 0 bridgehead atoms. The minimum atomic E-state index is 0. The van der Waals surface area contributed by atoms with Gasteiger partial charge in [-0.25, -0.2) is 0 Å². The van der Waals surface area contributed by atoms with Gasteiger partial charge in [0.1, 0.15) is 0 Å². The summed E-state index contributed by atoms with van der Waals surface area (Å²) in [4.78, 5) is 6.97. The Bertz CT molecular complexity index is 569. The van der Waals surface area contributed by atoms with Crippen molar-refractivity contribution in [3.8, 4) is 0 Å². The lowest BCUT2D eigenvalue weighted by Gasteiger charge is -2.36. The monoisotopic (exact) mass is 489 g/mol. The number of ether oxygens (including phenoxy) is 1. The van der Waals surface area contributed by atoms with Gasteiger partial charge in [0.25, 0.3) is 0 Å². The summed E-state index contributed by atoms with van der Waals surface area (Å²) in [6.45, 7) is 8.57. The molecule has 0 saturated carbocycles. The van der Waals surface area contributed by atoms with Gasteiger partial charge in [-0.3, -0.25) is 4.99 Å². The summed E-state index contributed by atoms with van der Waals surface area (Å²) in [7, 11) is 1.90. The second-order valence-electron chi connectivity index (χ2n) is 7.28. The molecule has 0 aliphatic carbocycles. The molecular weight excluding hydrogens is 457 g/mol.